The fourth-order valence-electron chi connectivity index (χ4n) is 5.13. The van der Waals surface area contributed by atoms with E-state index < -0.39 is 0 Å². The molecular weight excluding hydrogens is 510 g/mol. The van der Waals surface area contributed by atoms with Crippen molar-refractivity contribution in [3.05, 3.63) is 58.7 Å². The van der Waals surface area contributed by atoms with Crippen LogP contribution in [0.4, 0.5) is 4.79 Å². The summed E-state index contributed by atoms with van der Waals surface area (Å²) in [5.41, 5.74) is 5.11. The predicted molar refractivity (Wildman–Crippen MR) is 152 cm³/mol. The minimum absolute atomic E-state index is 0.0453. The molecule has 0 spiro atoms. The van der Waals surface area contributed by atoms with Crippen LogP contribution in [0.1, 0.15) is 48.6 Å². The topological polar surface area (TPSA) is 95.9 Å². The summed E-state index contributed by atoms with van der Waals surface area (Å²) in [5.74, 6) is 1.12. The molecule has 40 heavy (non-hydrogen) atoms. The van der Waals surface area contributed by atoms with E-state index in [0.29, 0.717) is 44.2 Å². The molecule has 1 N–H and O–H groups in total. The number of carbonyl (C=O) groups excluding carboxylic acids is 2. The second-order valence-corrected chi connectivity index (χ2v) is 10.9. The highest BCUT2D eigenvalue weighted by molar-refractivity contribution is 6.03. The number of amides is 3. The summed E-state index contributed by atoms with van der Waals surface area (Å²) in [6, 6.07) is 11.4. The Morgan fingerprint density at radius 1 is 1.05 bits per heavy atom. The minimum atomic E-state index is -0.326. The lowest BCUT2D eigenvalue weighted by Crippen LogP contribution is -2.50. The third-order valence-electron chi connectivity index (χ3n) is 7.60. The van der Waals surface area contributed by atoms with Crippen LogP contribution in [0.25, 0.3) is 0 Å². The van der Waals surface area contributed by atoms with Crippen molar-refractivity contribution in [2.75, 3.05) is 52.7 Å². The quantitative estimate of drug-likeness (QED) is 0.542. The molecule has 1 saturated heterocycles. The molecule has 1 unspecified atom stereocenters. The van der Waals surface area contributed by atoms with E-state index in [1.54, 1.807) is 9.91 Å². The van der Waals surface area contributed by atoms with Gasteiger partial charge < -0.3 is 24.4 Å². The zero-order chi connectivity index (χ0) is 28.2. The van der Waals surface area contributed by atoms with Crippen molar-refractivity contribution >= 4 is 17.6 Å². The molecule has 10 nitrogen and oxygen atoms in total. The smallest absolute Gasteiger partial charge is 0.318 e. The highest BCUT2D eigenvalue weighted by Gasteiger charge is 2.35. The average molecular weight is 550 g/mol. The number of benzene rings is 2. The Balaban J connectivity index is 1.40. The minimum Gasteiger partial charge on any atom is -0.454 e. The molecule has 3 aliphatic rings. The van der Waals surface area contributed by atoms with Crippen molar-refractivity contribution in [2.24, 2.45) is 5.10 Å². The average Bonchev–Trinajstić information content (AvgIpc) is 3.60. The van der Waals surface area contributed by atoms with Gasteiger partial charge in [-0.3, -0.25) is 9.69 Å². The summed E-state index contributed by atoms with van der Waals surface area (Å²) in [6.07, 6.45) is 0.555. The van der Waals surface area contributed by atoms with Gasteiger partial charge in [0.2, 0.25) is 6.79 Å². The summed E-state index contributed by atoms with van der Waals surface area (Å²) in [4.78, 5) is 30.9. The number of hydrazone groups is 1. The number of hydrogen-bond acceptors (Lipinski definition) is 7. The maximum Gasteiger partial charge on any atom is 0.318 e. The van der Waals surface area contributed by atoms with E-state index in [9.17, 15) is 9.59 Å². The fraction of sp³-hybridized carbons (Fsp3) is 0.500. The monoisotopic (exact) mass is 549 g/mol. The maximum atomic E-state index is 13.9. The number of aryl methyl sites for hydroxylation is 2. The van der Waals surface area contributed by atoms with Crippen molar-refractivity contribution in [2.45, 2.75) is 46.2 Å². The lowest BCUT2D eigenvalue weighted by Gasteiger charge is -2.31. The third kappa shape index (κ3) is 6.39. The van der Waals surface area contributed by atoms with E-state index in [1.807, 2.05) is 32.0 Å². The van der Waals surface area contributed by atoms with Crippen molar-refractivity contribution in [1.82, 2.24) is 20.1 Å². The number of urea groups is 1. The summed E-state index contributed by atoms with van der Waals surface area (Å²) >= 11 is 0. The Hall–Kier alpha value is -3.63. The van der Waals surface area contributed by atoms with Gasteiger partial charge in [-0.25, -0.2) is 9.80 Å². The summed E-state index contributed by atoms with van der Waals surface area (Å²) < 4.78 is 16.6. The van der Waals surface area contributed by atoms with Crippen LogP contribution in [0.15, 0.2) is 41.5 Å². The van der Waals surface area contributed by atoms with Crippen LogP contribution in [-0.2, 0) is 9.53 Å². The zero-order valence-corrected chi connectivity index (χ0v) is 23.8. The lowest BCUT2D eigenvalue weighted by atomic mass is 9.96. The van der Waals surface area contributed by atoms with Gasteiger partial charge in [-0.1, -0.05) is 18.2 Å². The largest absolute Gasteiger partial charge is 0.454 e. The number of hydrogen-bond donors (Lipinski definition) is 1. The van der Waals surface area contributed by atoms with Gasteiger partial charge >= 0.3 is 6.03 Å². The Bertz CT molecular complexity index is 1270. The molecule has 1 atom stereocenters. The first-order chi connectivity index (χ1) is 19.3. The third-order valence-corrected chi connectivity index (χ3v) is 7.60. The molecular formula is C30H39N5O5. The van der Waals surface area contributed by atoms with E-state index in [4.69, 9.17) is 19.3 Å². The highest BCUT2D eigenvalue weighted by atomic mass is 16.7. The van der Waals surface area contributed by atoms with Gasteiger partial charge in [0, 0.05) is 38.6 Å². The van der Waals surface area contributed by atoms with E-state index >= 15 is 0 Å². The van der Waals surface area contributed by atoms with Gasteiger partial charge in [-0.05, 0) is 68.1 Å². The fourth-order valence-corrected chi connectivity index (χ4v) is 5.13. The second-order valence-electron chi connectivity index (χ2n) is 10.9. The van der Waals surface area contributed by atoms with Crippen LogP contribution in [0.5, 0.6) is 11.5 Å². The molecule has 0 radical (unpaired) electrons. The predicted octanol–water partition coefficient (Wildman–Crippen LogP) is 3.46. The molecule has 3 aliphatic heterocycles. The molecule has 0 saturated carbocycles. The number of morpholine rings is 1. The van der Waals surface area contributed by atoms with E-state index in [1.165, 1.54) is 11.1 Å². The SMILES string of the molecule is Cc1ccc(C2=NN(C(=O)CN(CCN3CCOCC3)C(=O)NC(C)C)C(c3ccc4c(c3)OCO4)C2)cc1C. The van der Waals surface area contributed by atoms with Crippen LogP contribution in [0.2, 0.25) is 0 Å². The Kier molecular flexibility index (Phi) is 8.56. The normalized spacial score (nSPS) is 18.7. The number of fused-ring (bicyclic) bond motifs is 1. The standard InChI is InChI=1S/C30H39N5O5/c1-20(2)31-30(37)34(10-9-33-11-13-38-14-12-33)18-29(36)35-26(24-7-8-27-28(16-24)40-19-39-27)17-25(32-35)23-6-5-21(3)22(4)15-23/h5-8,15-16,20,26H,9-14,17-19H2,1-4H3,(H,31,37). The maximum absolute atomic E-state index is 13.9. The molecule has 5 rings (SSSR count). The molecule has 214 valence electrons. The molecule has 0 bridgehead atoms. The molecule has 2 aromatic carbocycles. The van der Waals surface area contributed by atoms with Crippen molar-refractivity contribution in [3.63, 3.8) is 0 Å². The van der Waals surface area contributed by atoms with Gasteiger partial charge in [-0.15, -0.1) is 0 Å². The van der Waals surface area contributed by atoms with E-state index in [0.717, 1.165) is 29.9 Å². The van der Waals surface area contributed by atoms with Gasteiger partial charge in [-0.2, -0.15) is 5.10 Å². The lowest BCUT2D eigenvalue weighted by molar-refractivity contribution is -0.133. The van der Waals surface area contributed by atoms with Crippen LogP contribution < -0.4 is 14.8 Å². The van der Waals surface area contributed by atoms with Crippen LogP contribution >= 0.6 is 0 Å². The molecule has 1 fully saturated rings. The van der Waals surface area contributed by atoms with Gasteiger partial charge in [0.15, 0.2) is 11.5 Å². The molecule has 3 heterocycles. The molecule has 10 heteroatoms. The number of nitrogens with one attached hydrogen (secondary N) is 1. The van der Waals surface area contributed by atoms with Gasteiger partial charge in [0.25, 0.3) is 5.91 Å². The number of rotatable bonds is 8. The Morgan fingerprint density at radius 3 is 2.58 bits per heavy atom. The number of nitrogens with zero attached hydrogens (tertiary/aromatic N) is 4. The summed E-state index contributed by atoms with van der Waals surface area (Å²) in [5, 5.41) is 9.35. The van der Waals surface area contributed by atoms with Gasteiger partial charge in [0.1, 0.15) is 6.54 Å². The molecule has 0 aromatic heterocycles. The van der Waals surface area contributed by atoms with Crippen molar-refractivity contribution in [1.29, 1.82) is 0 Å². The van der Waals surface area contributed by atoms with Crippen molar-refractivity contribution in [3.8, 4) is 11.5 Å². The first-order valence-electron chi connectivity index (χ1n) is 14.0. The molecule has 3 amide bonds. The van der Waals surface area contributed by atoms with E-state index in [-0.39, 0.29) is 37.4 Å². The Labute approximate surface area is 235 Å². The number of ether oxygens (including phenoxy) is 3. The number of carbonyl (C=O) groups is 2. The molecule has 2 aromatic rings. The first kappa shape index (κ1) is 27.9. The highest BCUT2D eigenvalue weighted by Crippen LogP contribution is 2.39. The van der Waals surface area contributed by atoms with Crippen LogP contribution in [0, 0.1) is 13.8 Å². The van der Waals surface area contributed by atoms with Gasteiger partial charge in [0.05, 0.1) is 25.0 Å². The van der Waals surface area contributed by atoms with Crippen LogP contribution in [0.3, 0.4) is 0 Å². The summed E-state index contributed by atoms with van der Waals surface area (Å²) in [6.45, 7) is 12.2. The molecule has 0 aliphatic carbocycles. The zero-order valence-electron chi connectivity index (χ0n) is 23.8. The Morgan fingerprint density at radius 2 is 1.82 bits per heavy atom. The van der Waals surface area contributed by atoms with E-state index in [2.05, 4.69) is 42.3 Å². The second kappa shape index (κ2) is 12.3. The van der Waals surface area contributed by atoms with Crippen LogP contribution in [-0.4, -0.2) is 91.2 Å². The first-order valence-corrected chi connectivity index (χ1v) is 14.0. The summed E-state index contributed by atoms with van der Waals surface area (Å²) in [7, 11) is 0. The van der Waals surface area contributed by atoms with Crippen molar-refractivity contribution < 1.29 is 23.8 Å².